The molecule has 4 heteroatoms. The molecule has 0 aliphatic rings. The Balaban J connectivity index is 2.44. The van der Waals surface area contributed by atoms with Gasteiger partial charge in [-0.1, -0.05) is 32.1 Å². The van der Waals surface area contributed by atoms with E-state index in [1.165, 1.54) is 11.3 Å². The lowest BCUT2D eigenvalue weighted by molar-refractivity contribution is 0.569. The molecular weight excluding hydrogens is 218 g/mol. The topological polar surface area (TPSA) is 51.8 Å². The van der Waals surface area contributed by atoms with Crippen molar-refractivity contribution in [1.29, 1.82) is 0 Å². The maximum atomic E-state index is 5.63. The molecule has 2 heterocycles. The second-order valence-electron chi connectivity index (χ2n) is 4.74. The molecule has 0 bridgehead atoms. The Bertz CT molecular complexity index is 497. The first-order chi connectivity index (χ1) is 7.47. The van der Waals surface area contributed by atoms with Gasteiger partial charge >= 0.3 is 0 Å². The highest BCUT2D eigenvalue weighted by atomic mass is 32.1. The third kappa shape index (κ3) is 2.22. The first kappa shape index (κ1) is 11.1. The van der Waals surface area contributed by atoms with E-state index in [0.717, 1.165) is 16.1 Å². The summed E-state index contributed by atoms with van der Waals surface area (Å²) in [5.74, 6) is 0. The van der Waals surface area contributed by atoms with E-state index in [1.807, 2.05) is 18.5 Å². The number of anilines is 1. The number of aromatic nitrogens is 2. The van der Waals surface area contributed by atoms with Crippen molar-refractivity contribution >= 4 is 16.5 Å². The summed E-state index contributed by atoms with van der Waals surface area (Å²) in [6, 6.07) is 4.09. The van der Waals surface area contributed by atoms with Gasteiger partial charge in [-0.05, 0) is 17.7 Å². The van der Waals surface area contributed by atoms with Crippen LogP contribution >= 0.6 is 11.3 Å². The van der Waals surface area contributed by atoms with Gasteiger partial charge in [-0.3, -0.25) is 4.98 Å². The van der Waals surface area contributed by atoms with E-state index in [1.54, 1.807) is 0 Å². The lowest BCUT2D eigenvalue weighted by Gasteiger charge is -2.17. The van der Waals surface area contributed by atoms with E-state index in [2.05, 4.69) is 36.8 Å². The number of hydrogen-bond donors (Lipinski definition) is 1. The first-order valence-electron chi connectivity index (χ1n) is 5.15. The van der Waals surface area contributed by atoms with E-state index in [-0.39, 0.29) is 5.41 Å². The van der Waals surface area contributed by atoms with Gasteiger partial charge in [-0.25, -0.2) is 4.98 Å². The molecular formula is C12H15N3S. The van der Waals surface area contributed by atoms with Crippen LogP contribution in [0.4, 0.5) is 5.13 Å². The molecule has 0 saturated heterocycles. The number of nitrogens with zero attached hydrogens (tertiary/aromatic N) is 2. The van der Waals surface area contributed by atoms with E-state index < -0.39 is 0 Å². The van der Waals surface area contributed by atoms with Crippen molar-refractivity contribution in [1.82, 2.24) is 9.97 Å². The van der Waals surface area contributed by atoms with Crippen molar-refractivity contribution in [2.75, 3.05) is 5.73 Å². The highest BCUT2D eigenvalue weighted by Gasteiger charge is 2.16. The zero-order valence-corrected chi connectivity index (χ0v) is 10.5. The normalized spacial score (nSPS) is 11.7. The Morgan fingerprint density at radius 1 is 1.25 bits per heavy atom. The number of hydrogen-bond acceptors (Lipinski definition) is 4. The highest BCUT2D eigenvalue weighted by Crippen LogP contribution is 2.29. The third-order valence-electron chi connectivity index (χ3n) is 2.34. The summed E-state index contributed by atoms with van der Waals surface area (Å²) in [4.78, 5) is 9.55. The first-order valence-corrected chi connectivity index (χ1v) is 5.97. The Morgan fingerprint density at radius 3 is 2.56 bits per heavy atom. The summed E-state index contributed by atoms with van der Waals surface area (Å²) in [6.07, 6.45) is 3.65. The van der Waals surface area contributed by atoms with Crippen LogP contribution in [0.15, 0.2) is 24.5 Å². The van der Waals surface area contributed by atoms with Gasteiger partial charge in [0.05, 0.1) is 4.88 Å². The number of nitrogen functional groups attached to an aromatic ring is 1. The predicted molar refractivity (Wildman–Crippen MR) is 68.5 cm³/mol. The van der Waals surface area contributed by atoms with Gasteiger partial charge in [0.2, 0.25) is 0 Å². The number of rotatable bonds is 1. The Labute approximate surface area is 99.4 Å². The van der Waals surface area contributed by atoms with Crippen LogP contribution in [0.5, 0.6) is 0 Å². The number of thiazole rings is 1. The molecule has 84 valence electrons. The third-order valence-corrected chi connectivity index (χ3v) is 3.21. The summed E-state index contributed by atoms with van der Waals surface area (Å²) in [7, 11) is 0. The Hall–Kier alpha value is -1.42. The summed E-state index contributed by atoms with van der Waals surface area (Å²) in [5.41, 5.74) is 7.91. The Kier molecular flexibility index (Phi) is 2.68. The minimum atomic E-state index is 0.0617. The minimum Gasteiger partial charge on any atom is -0.375 e. The number of nitrogens with two attached hydrogens (primary N) is 1. The average molecular weight is 233 g/mol. The fraction of sp³-hybridized carbons (Fsp3) is 0.333. The van der Waals surface area contributed by atoms with E-state index in [9.17, 15) is 0 Å². The smallest absolute Gasteiger partial charge is 0.180 e. The van der Waals surface area contributed by atoms with Gasteiger partial charge < -0.3 is 5.73 Å². The molecule has 2 N–H and O–H groups in total. The Morgan fingerprint density at radius 2 is 2.00 bits per heavy atom. The molecule has 0 aliphatic heterocycles. The maximum absolute atomic E-state index is 5.63. The van der Waals surface area contributed by atoms with Gasteiger partial charge in [0.1, 0.15) is 0 Å². The van der Waals surface area contributed by atoms with Crippen molar-refractivity contribution in [2.24, 2.45) is 0 Å². The predicted octanol–water partition coefficient (Wildman–Crippen LogP) is 3.08. The van der Waals surface area contributed by atoms with Crippen molar-refractivity contribution < 1.29 is 0 Å². The van der Waals surface area contributed by atoms with E-state index in [4.69, 9.17) is 5.73 Å². The van der Waals surface area contributed by atoms with Gasteiger partial charge in [0, 0.05) is 23.5 Å². The largest absolute Gasteiger partial charge is 0.375 e. The lowest BCUT2D eigenvalue weighted by Crippen LogP contribution is -2.13. The van der Waals surface area contributed by atoms with Crippen molar-refractivity contribution in [3.63, 3.8) is 0 Å². The molecule has 0 amide bonds. The molecule has 2 aromatic rings. The second kappa shape index (κ2) is 3.87. The van der Waals surface area contributed by atoms with Crippen LogP contribution in [0, 0.1) is 0 Å². The molecule has 0 atom stereocenters. The average Bonchev–Trinajstić information content (AvgIpc) is 2.64. The van der Waals surface area contributed by atoms with Crippen LogP contribution in [0.3, 0.4) is 0 Å². The quantitative estimate of drug-likeness (QED) is 0.823. The van der Waals surface area contributed by atoms with Crippen molar-refractivity contribution in [3.8, 4) is 10.4 Å². The standard InChI is InChI=1S/C12H15N3S/c1-12(2,3)10-6-8(4-5-14-10)9-7-15-11(13)16-9/h4-7H,1-3H3,(H2,13,15). The van der Waals surface area contributed by atoms with E-state index in [0.29, 0.717) is 5.13 Å². The van der Waals surface area contributed by atoms with Crippen LogP contribution in [0.1, 0.15) is 26.5 Å². The molecule has 0 aliphatic carbocycles. The SMILES string of the molecule is CC(C)(C)c1cc(-c2cnc(N)s2)ccn1. The fourth-order valence-corrected chi connectivity index (χ4v) is 2.10. The zero-order valence-electron chi connectivity index (χ0n) is 9.69. The molecule has 0 saturated carbocycles. The minimum absolute atomic E-state index is 0.0617. The summed E-state index contributed by atoms with van der Waals surface area (Å²) in [5, 5.41) is 0.601. The molecule has 0 fully saturated rings. The molecule has 0 spiro atoms. The zero-order chi connectivity index (χ0) is 11.8. The number of pyridine rings is 1. The van der Waals surface area contributed by atoms with Gasteiger partial charge in [0.15, 0.2) is 5.13 Å². The summed E-state index contributed by atoms with van der Waals surface area (Å²) < 4.78 is 0. The molecule has 2 rings (SSSR count). The fourth-order valence-electron chi connectivity index (χ4n) is 1.42. The van der Waals surface area contributed by atoms with Gasteiger partial charge in [-0.15, -0.1) is 0 Å². The summed E-state index contributed by atoms with van der Waals surface area (Å²) >= 11 is 1.50. The van der Waals surface area contributed by atoms with Gasteiger partial charge in [-0.2, -0.15) is 0 Å². The van der Waals surface area contributed by atoms with Crippen molar-refractivity contribution in [3.05, 3.63) is 30.2 Å². The maximum Gasteiger partial charge on any atom is 0.180 e. The van der Waals surface area contributed by atoms with Crippen LogP contribution in [-0.2, 0) is 5.41 Å². The van der Waals surface area contributed by atoms with Crippen LogP contribution in [-0.4, -0.2) is 9.97 Å². The molecule has 0 aromatic carbocycles. The monoisotopic (exact) mass is 233 g/mol. The molecule has 16 heavy (non-hydrogen) atoms. The molecule has 2 aromatic heterocycles. The highest BCUT2D eigenvalue weighted by molar-refractivity contribution is 7.18. The molecule has 0 unspecified atom stereocenters. The molecule has 3 nitrogen and oxygen atoms in total. The van der Waals surface area contributed by atoms with Gasteiger partial charge in [0.25, 0.3) is 0 Å². The van der Waals surface area contributed by atoms with Crippen LogP contribution < -0.4 is 5.73 Å². The summed E-state index contributed by atoms with van der Waals surface area (Å²) in [6.45, 7) is 6.46. The van der Waals surface area contributed by atoms with E-state index >= 15 is 0 Å². The van der Waals surface area contributed by atoms with Crippen molar-refractivity contribution in [2.45, 2.75) is 26.2 Å². The van der Waals surface area contributed by atoms with Crippen LogP contribution in [0.25, 0.3) is 10.4 Å². The molecule has 0 radical (unpaired) electrons. The lowest BCUT2D eigenvalue weighted by atomic mass is 9.91. The second-order valence-corrected chi connectivity index (χ2v) is 5.80. The van der Waals surface area contributed by atoms with Crippen LogP contribution in [0.2, 0.25) is 0 Å².